The fraction of sp³-hybridized carbons (Fsp3) is 0.773. The lowest BCUT2D eigenvalue weighted by Gasteiger charge is -2.19. The Kier molecular flexibility index (Phi) is 7.12. The van der Waals surface area contributed by atoms with Gasteiger partial charge in [-0.05, 0) is 49.9 Å². The van der Waals surface area contributed by atoms with E-state index >= 15 is 0 Å². The molecule has 5 atom stereocenters. The van der Waals surface area contributed by atoms with Crippen molar-refractivity contribution in [2.75, 3.05) is 27.2 Å². The van der Waals surface area contributed by atoms with Crippen LogP contribution in [-0.2, 0) is 4.79 Å². The Hall–Kier alpha value is -1.17. The summed E-state index contributed by atoms with van der Waals surface area (Å²) in [6, 6.07) is 0. The van der Waals surface area contributed by atoms with E-state index in [9.17, 15) is 15.0 Å². The summed E-state index contributed by atoms with van der Waals surface area (Å²) in [5.74, 6) is 1.70. The number of amides is 1. The summed E-state index contributed by atoms with van der Waals surface area (Å²) in [7, 11) is 3.53. The minimum Gasteiger partial charge on any atom is -0.392 e. The predicted molar refractivity (Wildman–Crippen MR) is 107 cm³/mol. The highest BCUT2D eigenvalue weighted by atomic mass is 16.3. The summed E-state index contributed by atoms with van der Waals surface area (Å²) in [6.45, 7) is 1.09. The lowest BCUT2D eigenvalue weighted by Crippen LogP contribution is -2.33. The van der Waals surface area contributed by atoms with Gasteiger partial charge in [-0.3, -0.25) is 4.79 Å². The minimum absolute atomic E-state index is 0.0887. The maximum absolute atomic E-state index is 11.6. The van der Waals surface area contributed by atoms with Crippen LogP contribution >= 0.6 is 0 Å². The monoisotopic (exact) mass is 376 g/mol. The Bertz CT molecular complexity index is 566. The molecule has 5 heteroatoms. The fourth-order valence-corrected chi connectivity index (χ4v) is 5.19. The number of allylic oxidation sites excluding steroid dienone is 1. The van der Waals surface area contributed by atoms with Gasteiger partial charge in [0.25, 0.3) is 0 Å². The van der Waals surface area contributed by atoms with E-state index in [2.05, 4.69) is 17.5 Å². The van der Waals surface area contributed by atoms with Crippen LogP contribution in [-0.4, -0.2) is 60.4 Å². The van der Waals surface area contributed by atoms with Crippen LogP contribution < -0.4 is 5.32 Å². The van der Waals surface area contributed by atoms with Gasteiger partial charge < -0.3 is 20.4 Å². The van der Waals surface area contributed by atoms with Crippen molar-refractivity contribution >= 4 is 5.91 Å². The quantitative estimate of drug-likeness (QED) is 0.470. The second-order valence-electron chi connectivity index (χ2n) is 8.91. The van der Waals surface area contributed by atoms with Crippen molar-refractivity contribution < 1.29 is 15.0 Å². The zero-order valence-corrected chi connectivity index (χ0v) is 16.8. The van der Waals surface area contributed by atoms with Crippen molar-refractivity contribution in [3.63, 3.8) is 0 Å². The van der Waals surface area contributed by atoms with Crippen LogP contribution in [0.5, 0.6) is 0 Å². The van der Waals surface area contributed by atoms with E-state index in [0.717, 1.165) is 38.6 Å². The summed E-state index contributed by atoms with van der Waals surface area (Å²) in [5, 5.41) is 24.1. The highest BCUT2D eigenvalue weighted by Gasteiger charge is 2.45. The molecule has 0 unspecified atom stereocenters. The van der Waals surface area contributed by atoms with Crippen LogP contribution in [0, 0.1) is 23.7 Å². The third-order valence-electron chi connectivity index (χ3n) is 6.83. The van der Waals surface area contributed by atoms with Gasteiger partial charge in [-0.25, -0.2) is 0 Å². The normalized spacial score (nSPS) is 33.9. The number of carbonyl (C=O) groups excluding carboxylic acids is 1. The molecule has 3 aliphatic rings. The zero-order valence-electron chi connectivity index (χ0n) is 16.8. The van der Waals surface area contributed by atoms with Crippen molar-refractivity contribution in [3.8, 4) is 0 Å². The molecule has 27 heavy (non-hydrogen) atoms. The summed E-state index contributed by atoms with van der Waals surface area (Å²) in [6.07, 6.45) is 13.3. The number of hydrogen-bond donors (Lipinski definition) is 3. The summed E-state index contributed by atoms with van der Waals surface area (Å²) >= 11 is 0. The molecule has 0 aromatic rings. The molecular formula is C22H36N2O3. The van der Waals surface area contributed by atoms with Gasteiger partial charge >= 0.3 is 0 Å². The molecule has 0 radical (unpaired) electrons. The molecule has 0 spiro atoms. The number of aliphatic hydroxyl groups excluding tert-OH is 2. The highest BCUT2D eigenvalue weighted by molar-refractivity contribution is 5.77. The molecule has 3 N–H and O–H groups in total. The standard InChI is InChI=1S/C22H36N2O3/c1-24(2)22(27)14-23-10-9-15-11-17-13-21(26)18(19(17)12-15)7-8-20(25)16-5-3-4-6-16/h7-9,16-21,23,25-26H,3-6,10-14H2,1-2H3/b8-7+,15-9+/t17-,18+,19-,20+,21+/m0/s1. The van der Waals surface area contributed by atoms with Gasteiger partial charge in [-0.15, -0.1) is 0 Å². The van der Waals surface area contributed by atoms with E-state index in [1.165, 1.54) is 18.4 Å². The molecule has 3 saturated carbocycles. The molecule has 0 heterocycles. The van der Waals surface area contributed by atoms with Crippen molar-refractivity contribution in [2.24, 2.45) is 23.7 Å². The molecule has 3 fully saturated rings. The molecule has 152 valence electrons. The van der Waals surface area contributed by atoms with Crippen molar-refractivity contribution in [1.29, 1.82) is 0 Å². The van der Waals surface area contributed by atoms with Gasteiger partial charge in [-0.1, -0.05) is 36.6 Å². The number of fused-ring (bicyclic) bond motifs is 1. The van der Waals surface area contributed by atoms with E-state index < -0.39 is 0 Å². The Labute approximate surface area is 163 Å². The van der Waals surface area contributed by atoms with Crippen LogP contribution in [0.15, 0.2) is 23.8 Å². The van der Waals surface area contributed by atoms with E-state index in [-0.39, 0.29) is 24.0 Å². The Morgan fingerprint density at radius 1 is 1.30 bits per heavy atom. The van der Waals surface area contributed by atoms with E-state index in [4.69, 9.17) is 0 Å². The number of nitrogens with zero attached hydrogens (tertiary/aromatic N) is 1. The average molecular weight is 377 g/mol. The van der Waals surface area contributed by atoms with Gasteiger partial charge in [0.15, 0.2) is 0 Å². The van der Waals surface area contributed by atoms with E-state index in [1.807, 2.05) is 6.08 Å². The minimum atomic E-state index is -0.353. The van der Waals surface area contributed by atoms with Gasteiger partial charge in [-0.2, -0.15) is 0 Å². The fourth-order valence-electron chi connectivity index (χ4n) is 5.19. The lowest BCUT2D eigenvalue weighted by molar-refractivity contribution is -0.127. The molecule has 1 amide bonds. The first-order chi connectivity index (χ1) is 13.0. The van der Waals surface area contributed by atoms with Gasteiger partial charge in [0.1, 0.15) is 0 Å². The largest absolute Gasteiger partial charge is 0.392 e. The Morgan fingerprint density at radius 3 is 2.74 bits per heavy atom. The molecule has 0 aliphatic heterocycles. The Balaban J connectivity index is 1.49. The number of aliphatic hydroxyl groups is 2. The molecule has 0 saturated heterocycles. The molecule has 3 rings (SSSR count). The van der Waals surface area contributed by atoms with Crippen LogP contribution in [0.3, 0.4) is 0 Å². The molecule has 5 nitrogen and oxygen atoms in total. The second kappa shape index (κ2) is 9.35. The number of likely N-dealkylation sites (N-methyl/N-ethyl adjacent to an activating group) is 1. The third kappa shape index (κ3) is 5.21. The predicted octanol–water partition coefficient (Wildman–Crippen LogP) is 2.10. The molecule has 0 aromatic heterocycles. The van der Waals surface area contributed by atoms with E-state index in [1.54, 1.807) is 19.0 Å². The van der Waals surface area contributed by atoms with Gasteiger partial charge in [0, 0.05) is 26.6 Å². The SMILES string of the molecule is CN(C)C(=O)CNC/C=C1\C[C@H]2C[C@@H](O)[C@H](/C=C/[C@@H](O)C3CCCC3)[C@H]2C1. The average Bonchev–Trinajstić information content (AvgIpc) is 3.33. The van der Waals surface area contributed by atoms with Crippen molar-refractivity contribution in [1.82, 2.24) is 10.2 Å². The molecule has 0 aromatic carbocycles. The first kappa shape index (κ1) is 20.6. The Morgan fingerprint density at radius 2 is 2.04 bits per heavy atom. The molecule has 3 aliphatic carbocycles. The molecule has 0 bridgehead atoms. The van der Waals surface area contributed by atoms with Gasteiger partial charge in [0.2, 0.25) is 5.91 Å². The maximum Gasteiger partial charge on any atom is 0.236 e. The summed E-state index contributed by atoms with van der Waals surface area (Å²) in [4.78, 5) is 13.2. The second-order valence-corrected chi connectivity index (χ2v) is 8.91. The van der Waals surface area contributed by atoms with Crippen LogP contribution in [0.2, 0.25) is 0 Å². The molecular weight excluding hydrogens is 340 g/mol. The van der Waals surface area contributed by atoms with Crippen molar-refractivity contribution in [2.45, 2.75) is 57.2 Å². The third-order valence-corrected chi connectivity index (χ3v) is 6.83. The summed E-state index contributed by atoms with van der Waals surface area (Å²) < 4.78 is 0. The van der Waals surface area contributed by atoms with Crippen LogP contribution in [0.1, 0.15) is 44.9 Å². The topological polar surface area (TPSA) is 72.8 Å². The van der Waals surface area contributed by atoms with E-state index in [0.29, 0.717) is 24.3 Å². The van der Waals surface area contributed by atoms with Crippen molar-refractivity contribution in [3.05, 3.63) is 23.8 Å². The number of nitrogens with one attached hydrogen (secondary N) is 1. The zero-order chi connectivity index (χ0) is 19.4. The number of carbonyl (C=O) groups is 1. The van der Waals surface area contributed by atoms with Crippen LogP contribution in [0.4, 0.5) is 0 Å². The summed E-state index contributed by atoms with van der Waals surface area (Å²) in [5.41, 5.74) is 1.44. The van der Waals surface area contributed by atoms with Gasteiger partial charge in [0.05, 0.1) is 18.8 Å². The number of rotatable bonds is 7. The first-order valence-electron chi connectivity index (χ1n) is 10.6. The van der Waals surface area contributed by atoms with Crippen LogP contribution in [0.25, 0.3) is 0 Å². The maximum atomic E-state index is 11.6. The lowest BCUT2D eigenvalue weighted by atomic mass is 9.89. The smallest absolute Gasteiger partial charge is 0.236 e. The highest BCUT2D eigenvalue weighted by Crippen LogP contribution is 2.50. The first-order valence-corrected chi connectivity index (χ1v) is 10.6. The number of hydrogen-bond acceptors (Lipinski definition) is 4.